The van der Waals surface area contributed by atoms with Crippen molar-refractivity contribution in [2.45, 2.75) is 207 Å². The molecular formula is C39H79NO4. The summed E-state index contributed by atoms with van der Waals surface area (Å²) >= 11 is 0. The predicted octanol–water partition coefficient (Wildman–Crippen LogP) is 11.5. The van der Waals surface area contributed by atoms with E-state index in [2.05, 4.69) is 18.7 Å². The van der Waals surface area contributed by atoms with E-state index in [-0.39, 0.29) is 18.1 Å². The average molecular weight is 626 g/mol. The Balaban J connectivity index is 4.41. The summed E-state index contributed by atoms with van der Waals surface area (Å²) in [5.74, 6) is 0.125. The largest absolute Gasteiger partial charge is 0.382 e. The summed E-state index contributed by atoms with van der Waals surface area (Å²) in [6.45, 7) is 15.4. The monoisotopic (exact) mass is 626 g/mol. The molecule has 0 aromatic heterocycles. The molecule has 264 valence electrons. The van der Waals surface area contributed by atoms with Crippen LogP contribution in [0.2, 0.25) is 0 Å². The van der Waals surface area contributed by atoms with Crippen molar-refractivity contribution in [1.29, 1.82) is 0 Å². The molecule has 0 heterocycles. The van der Waals surface area contributed by atoms with Crippen LogP contribution in [-0.2, 0) is 19.0 Å². The lowest BCUT2D eigenvalue weighted by molar-refractivity contribution is -0.156. The minimum absolute atomic E-state index is 0.123. The zero-order chi connectivity index (χ0) is 32.8. The Morgan fingerprint density at radius 3 is 1.14 bits per heavy atom. The van der Waals surface area contributed by atoms with E-state index in [0.29, 0.717) is 13.2 Å². The average Bonchev–Trinajstić information content (AvgIpc) is 2.99. The quantitative estimate of drug-likeness (QED) is 0.0667. The van der Waals surface area contributed by atoms with Gasteiger partial charge in [-0.05, 0) is 40.5 Å². The lowest BCUT2D eigenvalue weighted by Crippen LogP contribution is -2.42. The molecule has 0 aliphatic rings. The molecule has 0 N–H and O–H groups in total. The predicted molar refractivity (Wildman–Crippen MR) is 191 cm³/mol. The zero-order valence-electron chi connectivity index (χ0n) is 31.1. The number of hydrogen-bond acceptors (Lipinski definition) is 4. The molecule has 5 heteroatoms. The maximum Gasteiger partial charge on any atom is 0.248 e. The second-order valence-electron chi connectivity index (χ2n) is 14.7. The molecule has 0 spiro atoms. The Hall–Kier alpha value is -0.650. The van der Waals surface area contributed by atoms with Crippen LogP contribution in [0.3, 0.4) is 0 Å². The molecule has 0 fully saturated rings. The van der Waals surface area contributed by atoms with Crippen molar-refractivity contribution >= 4 is 5.91 Å². The standard InChI is InChI=1S/C39H79NO4/c1-8-10-12-14-16-18-20-22-24-26-28-30-32-40(33-31-29-27-25-23-21-19-17-15-13-11-9-2)37(41)34-43-39(5,6)36-44-38(3,4)35-42-7/h8-36H2,1-7H3. The third kappa shape index (κ3) is 28.8. The van der Waals surface area contributed by atoms with E-state index in [1.807, 2.05) is 27.7 Å². The summed E-state index contributed by atoms with van der Waals surface area (Å²) in [6, 6.07) is 0. The van der Waals surface area contributed by atoms with E-state index in [9.17, 15) is 4.79 Å². The first-order valence-electron chi connectivity index (χ1n) is 19.2. The van der Waals surface area contributed by atoms with Gasteiger partial charge in [0.25, 0.3) is 0 Å². The van der Waals surface area contributed by atoms with Gasteiger partial charge in [-0.15, -0.1) is 0 Å². The Kier molecular flexibility index (Phi) is 29.3. The van der Waals surface area contributed by atoms with Crippen molar-refractivity contribution in [3.05, 3.63) is 0 Å². The molecule has 0 aromatic rings. The molecule has 0 aliphatic carbocycles. The number of unbranched alkanes of at least 4 members (excludes halogenated alkanes) is 22. The maximum atomic E-state index is 13.3. The van der Waals surface area contributed by atoms with E-state index in [4.69, 9.17) is 14.2 Å². The Bertz CT molecular complexity index is 593. The molecule has 0 bridgehead atoms. The molecule has 0 aromatic carbocycles. The van der Waals surface area contributed by atoms with Crippen LogP contribution >= 0.6 is 0 Å². The van der Waals surface area contributed by atoms with Crippen LogP contribution in [0.5, 0.6) is 0 Å². The van der Waals surface area contributed by atoms with Crippen molar-refractivity contribution in [2.24, 2.45) is 0 Å². The number of hydrogen-bond donors (Lipinski definition) is 0. The van der Waals surface area contributed by atoms with Gasteiger partial charge in [-0.25, -0.2) is 0 Å². The third-order valence-electron chi connectivity index (χ3n) is 8.80. The molecule has 0 radical (unpaired) electrons. The van der Waals surface area contributed by atoms with Crippen molar-refractivity contribution < 1.29 is 19.0 Å². The van der Waals surface area contributed by atoms with Crippen LogP contribution in [0, 0.1) is 0 Å². The number of carbonyl (C=O) groups excluding carboxylic acids is 1. The number of methoxy groups -OCH3 is 1. The molecule has 5 nitrogen and oxygen atoms in total. The van der Waals surface area contributed by atoms with Crippen LogP contribution in [0.15, 0.2) is 0 Å². The Labute approximate surface area is 276 Å². The first-order valence-corrected chi connectivity index (χ1v) is 19.2. The number of ether oxygens (including phenoxy) is 3. The Morgan fingerprint density at radius 1 is 0.477 bits per heavy atom. The van der Waals surface area contributed by atoms with Crippen LogP contribution in [0.1, 0.15) is 196 Å². The number of carbonyl (C=O) groups is 1. The fourth-order valence-corrected chi connectivity index (χ4v) is 5.80. The smallest absolute Gasteiger partial charge is 0.248 e. The molecule has 0 unspecified atom stereocenters. The first-order chi connectivity index (χ1) is 21.2. The van der Waals surface area contributed by atoms with E-state index in [1.54, 1.807) is 7.11 Å². The molecule has 0 rings (SSSR count). The second-order valence-corrected chi connectivity index (χ2v) is 14.7. The normalized spacial score (nSPS) is 12.2. The molecule has 0 saturated heterocycles. The highest BCUT2D eigenvalue weighted by Crippen LogP contribution is 2.18. The number of rotatable bonds is 34. The highest BCUT2D eigenvalue weighted by Gasteiger charge is 2.27. The summed E-state index contributed by atoms with van der Waals surface area (Å²) in [7, 11) is 1.69. The van der Waals surface area contributed by atoms with E-state index in [0.717, 1.165) is 25.9 Å². The van der Waals surface area contributed by atoms with E-state index in [1.165, 1.54) is 141 Å². The van der Waals surface area contributed by atoms with Gasteiger partial charge in [0.05, 0.1) is 24.4 Å². The number of nitrogens with zero attached hydrogens (tertiary/aromatic N) is 1. The fourth-order valence-electron chi connectivity index (χ4n) is 5.80. The molecular weight excluding hydrogens is 546 g/mol. The summed E-state index contributed by atoms with van der Waals surface area (Å²) in [5, 5.41) is 0. The molecule has 0 saturated carbocycles. The maximum absolute atomic E-state index is 13.3. The molecule has 44 heavy (non-hydrogen) atoms. The van der Waals surface area contributed by atoms with Crippen molar-refractivity contribution in [1.82, 2.24) is 4.90 Å². The molecule has 0 atom stereocenters. The first kappa shape index (κ1) is 43.4. The SMILES string of the molecule is CCCCCCCCCCCCCCN(CCCCCCCCCCCCCC)C(=O)COC(C)(C)COC(C)(C)COC. The van der Waals surface area contributed by atoms with Crippen LogP contribution in [-0.4, -0.2) is 62.0 Å². The van der Waals surface area contributed by atoms with Gasteiger partial charge in [0.1, 0.15) is 6.61 Å². The highest BCUT2D eigenvalue weighted by molar-refractivity contribution is 5.77. The highest BCUT2D eigenvalue weighted by atomic mass is 16.6. The molecule has 0 aliphatic heterocycles. The minimum Gasteiger partial charge on any atom is -0.382 e. The second kappa shape index (κ2) is 29.7. The van der Waals surface area contributed by atoms with Gasteiger partial charge in [0.2, 0.25) is 5.91 Å². The summed E-state index contributed by atoms with van der Waals surface area (Å²) in [4.78, 5) is 15.4. The summed E-state index contributed by atoms with van der Waals surface area (Å²) < 4.78 is 17.4. The fraction of sp³-hybridized carbons (Fsp3) is 0.974. The van der Waals surface area contributed by atoms with Crippen LogP contribution < -0.4 is 0 Å². The van der Waals surface area contributed by atoms with Gasteiger partial charge in [-0.1, -0.05) is 155 Å². The Morgan fingerprint density at radius 2 is 0.795 bits per heavy atom. The van der Waals surface area contributed by atoms with Gasteiger partial charge < -0.3 is 19.1 Å². The molecule has 1 amide bonds. The lowest BCUT2D eigenvalue weighted by Gasteiger charge is -2.32. The van der Waals surface area contributed by atoms with Gasteiger partial charge in [0.15, 0.2) is 0 Å². The van der Waals surface area contributed by atoms with Gasteiger partial charge >= 0.3 is 0 Å². The minimum atomic E-state index is -0.529. The van der Waals surface area contributed by atoms with Gasteiger partial charge in [-0.2, -0.15) is 0 Å². The topological polar surface area (TPSA) is 48.0 Å². The van der Waals surface area contributed by atoms with Gasteiger partial charge in [0, 0.05) is 20.2 Å². The van der Waals surface area contributed by atoms with Gasteiger partial charge in [-0.3, -0.25) is 4.79 Å². The summed E-state index contributed by atoms with van der Waals surface area (Å²) in [5.41, 5.74) is -0.910. The third-order valence-corrected chi connectivity index (χ3v) is 8.80. The summed E-state index contributed by atoms with van der Waals surface area (Å²) in [6.07, 6.45) is 32.1. The van der Waals surface area contributed by atoms with E-state index >= 15 is 0 Å². The van der Waals surface area contributed by atoms with Crippen LogP contribution in [0.25, 0.3) is 0 Å². The van der Waals surface area contributed by atoms with Crippen molar-refractivity contribution in [2.75, 3.05) is 40.0 Å². The van der Waals surface area contributed by atoms with E-state index < -0.39 is 5.60 Å². The van der Waals surface area contributed by atoms with Crippen LogP contribution in [0.4, 0.5) is 0 Å². The zero-order valence-corrected chi connectivity index (χ0v) is 31.1. The number of amides is 1. The van der Waals surface area contributed by atoms with Crippen molar-refractivity contribution in [3.63, 3.8) is 0 Å². The lowest BCUT2D eigenvalue weighted by atomic mass is 10.0. The van der Waals surface area contributed by atoms with Crippen molar-refractivity contribution in [3.8, 4) is 0 Å².